The van der Waals surface area contributed by atoms with Gasteiger partial charge in [0, 0.05) is 25.5 Å². The molecule has 1 aromatic rings. The zero-order valence-electron chi connectivity index (χ0n) is 10.2. The molecule has 0 spiro atoms. The third kappa shape index (κ3) is 3.80. The number of alkyl halides is 1. The number of benzene rings is 1. The highest BCUT2D eigenvalue weighted by atomic mass is 79.9. The predicted octanol–water partition coefficient (Wildman–Crippen LogP) is 3.61. The monoisotopic (exact) mass is 286 g/mol. The molecule has 0 amide bonds. The first-order valence-electron chi connectivity index (χ1n) is 5.47. The van der Waals surface area contributed by atoms with Crippen molar-refractivity contribution >= 4 is 15.9 Å². The normalized spacial score (nSPS) is 10.5. The molecule has 0 aromatic heterocycles. The smallest absolute Gasteiger partial charge is 0.125 e. The molecule has 3 heteroatoms. The second kappa shape index (κ2) is 6.92. The zero-order valence-corrected chi connectivity index (χ0v) is 11.8. The van der Waals surface area contributed by atoms with E-state index in [4.69, 9.17) is 9.47 Å². The topological polar surface area (TPSA) is 18.5 Å². The van der Waals surface area contributed by atoms with Gasteiger partial charge in [0.2, 0.25) is 0 Å². The Morgan fingerprint density at radius 1 is 1.12 bits per heavy atom. The first-order valence-corrected chi connectivity index (χ1v) is 6.59. The van der Waals surface area contributed by atoms with Crippen LogP contribution >= 0.6 is 15.9 Å². The largest absolute Gasteiger partial charge is 0.493 e. The first-order chi connectivity index (χ1) is 7.69. The van der Waals surface area contributed by atoms with Crippen LogP contribution in [0.5, 0.6) is 5.75 Å². The van der Waals surface area contributed by atoms with Crippen molar-refractivity contribution in [3.8, 4) is 5.75 Å². The minimum atomic E-state index is 0.711. The molecule has 0 fully saturated rings. The third-order valence-electron chi connectivity index (χ3n) is 2.41. The molecule has 0 unspecified atom stereocenters. The van der Waals surface area contributed by atoms with E-state index in [-0.39, 0.29) is 0 Å². The Morgan fingerprint density at radius 2 is 1.75 bits per heavy atom. The Labute approximate surface area is 106 Å². The van der Waals surface area contributed by atoms with Crippen LogP contribution in [0.1, 0.15) is 23.1 Å². The Hall–Kier alpha value is -0.540. The van der Waals surface area contributed by atoms with Gasteiger partial charge >= 0.3 is 0 Å². The highest BCUT2D eigenvalue weighted by Crippen LogP contribution is 2.25. The molecule has 1 rings (SSSR count). The predicted molar refractivity (Wildman–Crippen MR) is 70.5 cm³/mol. The summed E-state index contributed by atoms with van der Waals surface area (Å²) in [5, 5.41) is 0.888. The van der Waals surface area contributed by atoms with E-state index in [2.05, 4.69) is 41.9 Å². The van der Waals surface area contributed by atoms with E-state index in [1.165, 1.54) is 16.7 Å². The Kier molecular flexibility index (Phi) is 5.85. The molecule has 0 N–H and O–H groups in total. The van der Waals surface area contributed by atoms with E-state index in [0.29, 0.717) is 6.61 Å². The summed E-state index contributed by atoms with van der Waals surface area (Å²) in [7, 11) is 1.71. The number of rotatable bonds is 6. The van der Waals surface area contributed by atoms with E-state index in [1.807, 2.05) is 0 Å². The maximum atomic E-state index is 5.77. The van der Waals surface area contributed by atoms with Crippen LogP contribution in [0.25, 0.3) is 0 Å². The SMILES string of the molecule is COCCCOc1c(C)cc(CBr)cc1C. The molecular weight excluding hydrogens is 268 g/mol. The molecule has 0 saturated heterocycles. The van der Waals surface area contributed by atoms with Gasteiger partial charge in [-0.25, -0.2) is 0 Å². The molecule has 0 aliphatic heterocycles. The van der Waals surface area contributed by atoms with Crippen LogP contribution in [0.3, 0.4) is 0 Å². The Balaban J connectivity index is 2.65. The first kappa shape index (κ1) is 13.5. The van der Waals surface area contributed by atoms with Crippen molar-refractivity contribution in [1.29, 1.82) is 0 Å². The van der Waals surface area contributed by atoms with Gasteiger partial charge in [0.15, 0.2) is 0 Å². The van der Waals surface area contributed by atoms with Gasteiger partial charge in [-0.2, -0.15) is 0 Å². The van der Waals surface area contributed by atoms with Crippen LogP contribution in [-0.2, 0) is 10.1 Å². The average molecular weight is 287 g/mol. The quantitative estimate of drug-likeness (QED) is 0.588. The van der Waals surface area contributed by atoms with Gasteiger partial charge in [0.1, 0.15) is 5.75 Å². The van der Waals surface area contributed by atoms with Gasteiger partial charge in [-0.15, -0.1) is 0 Å². The molecule has 0 aliphatic rings. The zero-order chi connectivity index (χ0) is 12.0. The number of halogens is 1. The van der Waals surface area contributed by atoms with E-state index in [0.717, 1.165) is 24.1 Å². The van der Waals surface area contributed by atoms with Crippen LogP contribution in [0.15, 0.2) is 12.1 Å². The summed E-state index contributed by atoms with van der Waals surface area (Å²) in [6.45, 7) is 5.64. The molecule has 0 aliphatic carbocycles. The highest BCUT2D eigenvalue weighted by Gasteiger charge is 2.05. The van der Waals surface area contributed by atoms with Gasteiger partial charge in [-0.3, -0.25) is 0 Å². The Bertz CT molecular complexity index is 314. The Morgan fingerprint density at radius 3 is 2.25 bits per heavy atom. The fraction of sp³-hybridized carbons (Fsp3) is 0.538. The van der Waals surface area contributed by atoms with Crippen molar-refractivity contribution in [1.82, 2.24) is 0 Å². The van der Waals surface area contributed by atoms with Crippen LogP contribution < -0.4 is 4.74 Å². The number of ether oxygens (including phenoxy) is 2. The average Bonchev–Trinajstić information content (AvgIpc) is 2.26. The summed E-state index contributed by atoms with van der Waals surface area (Å²) in [4.78, 5) is 0. The van der Waals surface area contributed by atoms with Gasteiger partial charge in [0.25, 0.3) is 0 Å². The summed E-state index contributed by atoms with van der Waals surface area (Å²) in [6, 6.07) is 4.32. The fourth-order valence-electron chi connectivity index (χ4n) is 1.72. The lowest BCUT2D eigenvalue weighted by Crippen LogP contribution is -2.04. The summed E-state index contributed by atoms with van der Waals surface area (Å²) in [5.74, 6) is 1.01. The van der Waals surface area contributed by atoms with E-state index >= 15 is 0 Å². The highest BCUT2D eigenvalue weighted by molar-refractivity contribution is 9.08. The second-order valence-corrected chi connectivity index (χ2v) is 4.45. The standard InChI is InChI=1S/C13H19BrO2/c1-10-7-12(9-14)8-11(2)13(10)16-6-4-5-15-3/h7-8H,4-6,9H2,1-3H3. The number of hydrogen-bond acceptors (Lipinski definition) is 2. The molecule has 0 saturated carbocycles. The van der Waals surface area contributed by atoms with Crippen molar-refractivity contribution in [3.05, 3.63) is 28.8 Å². The maximum Gasteiger partial charge on any atom is 0.125 e. The van der Waals surface area contributed by atoms with Crippen LogP contribution in [0.4, 0.5) is 0 Å². The molecule has 0 heterocycles. The van der Waals surface area contributed by atoms with Crippen molar-refractivity contribution in [3.63, 3.8) is 0 Å². The van der Waals surface area contributed by atoms with Crippen molar-refractivity contribution in [2.45, 2.75) is 25.6 Å². The number of methoxy groups -OCH3 is 1. The van der Waals surface area contributed by atoms with Crippen molar-refractivity contribution in [2.75, 3.05) is 20.3 Å². The lowest BCUT2D eigenvalue weighted by atomic mass is 10.1. The molecule has 2 nitrogen and oxygen atoms in total. The molecular formula is C13H19BrO2. The molecule has 0 atom stereocenters. The van der Waals surface area contributed by atoms with Gasteiger partial charge in [-0.1, -0.05) is 28.1 Å². The molecule has 1 aromatic carbocycles. The summed E-state index contributed by atoms with van der Waals surface area (Å²) < 4.78 is 10.8. The van der Waals surface area contributed by atoms with Crippen LogP contribution in [0, 0.1) is 13.8 Å². The van der Waals surface area contributed by atoms with E-state index < -0.39 is 0 Å². The molecule has 0 radical (unpaired) electrons. The van der Waals surface area contributed by atoms with Crippen LogP contribution in [0.2, 0.25) is 0 Å². The summed E-state index contributed by atoms with van der Waals surface area (Å²) >= 11 is 3.47. The van der Waals surface area contributed by atoms with E-state index in [1.54, 1.807) is 7.11 Å². The molecule has 90 valence electrons. The minimum absolute atomic E-state index is 0.711. The van der Waals surface area contributed by atoms with Gasteiger partial charge in [0.05, 0.1) is 6.61 Å². The number of hydrogen-bond donors (Lipinski definition) is 0. The van der Waals surface area contributed by atoms with E-state index in [9.17, 15) is 0 Å². The van der Waals surface area contributed by atoms with Gasteiger partial charge in [-0.05, 0) is 30.5 Å². The maximum absolute atomic E-state index is 5.77. The lowest BCUT2D eigenvalue weighted by molar-refractivity contribution is 0.171. The second-order valence-electron chi connectivity index (χ2n) is 3.89. The van der Waals surface area contributed by atoms with Crippen LogP contribution in [-0.4, -0.2) is 20.3 Å². The fourth-order valence-corrected chi connectivity index (χ4v) is 2.05. The summed E-state index contributed by atoms with van der Waals surface area (Å²) in [5.41, 5.74) is 3.69. The third-order valence-corrected chi connectivity index (χ3v) is 3.06. The van der Waals surface area contributed by atoms with Gasteiger partial charge < -0.3 is 9.47 Å². The summed E-state index contributed by atoms with van der Waals surface area (Å²) in [6.07, 6.45) is 0.926. The molecule has 0 bridgehead atoms. The van der Waals surface area contributed by atoms with Crippen molar-refractivity contribution < 1.29 is 9.47 Å². The molecule has 16 heavy (non-hydrogen) atoms. The lowest BCUT2D eigenvalue weighted by Gasteiger charge is -2.13. The number of aryl methyl sites for hydroxylation is 2. The van der Waals surface area contributed by atoms with Crippen molar-refractivity contribution in [2.24, 2.45) is 0 Å². The minimum Gasteiger partial charge on any atom is -0.493 e.